The summed E-state index contributed by atoms with van der Waals surface area (Å²) >= 11 is 3.36. The van der Waals surface area contributed by atoms with Crippen LogP contribution in [-0.4, -0.2) is 36.0 Å². The molecule has 0 aliphatic carbocycles. The molecule has 8 heteroatoms. The summed E-state index contributed by atoms with van der Waals surface area (Å²) in [7, 11) is 0. The Kier molecular flexibility index (Phi) is 3.78. The van der Waals surface area contributed by atoms with Gasteiger partial charge in [0.15, 0.2) is 11.6 Å². The number of pyridine rings is 1. The molecule has 1 N–H and O–H groups in total. The Labute approximate surface area is 128 Å². The van der Waals surface area contributed by atoms with E-state index in [0.29, 0.717) is 17.0 Å². The maximum atomic E-state index is 12.4. The highest BCUT2D eigenvalue weighted by atomic mass is 79.9. The molecule has 3 aromatic rings. The highest BCUT2D eigenvalue weighted by Crippen LogP contribution is 2.21. The van der Waals surface area contributed by atoms with Crippen molar-refractivity contribution < 1.29 is 4.79 Å². The van der Waals surface area contributed by atoms with Gasteiger partial charge in [0, 0.05) is 34.2 Å². The topological polar surface area (TPSA) is 89.4 Å². The van der Waals surface area contributed by atoms with Crippen LogP contribution in [-0.2, 0) is 13.0 Å². The van der Waals surface area contributed by atoms with E-state index < -0.39 is 0 Å². The highest BCUT2D eigenvalue weighted by molar-refractivity contribution is 9.10. The van der Waals surface area contributed by atoms with Crippen LogP contribution in [0, 0.1) is 0 Å². The summed E-state index contributed by atoms with van der Waals surface area (Å²) in [5.74, 6) is 0.579. The maximum Gasteiger partial charge on any atom is 0.188 e. The lowest BCUT2D eigenvalue weighted by molar-refractivity contribution is 0.0963. The van der Waals surface area contributed by atoms with E-state index >= 15 is 0 Å². The van der Waals surface area contributed by atoms with Gasteiger partial charge < -0.3 is 4.98 Å². The average molecular weight is 349 g/mol. The summed E-state index contributed by atoms with van der Waals surface area (Å²) in [6.07, 6.45) is 5.05. The fourth-order valence-electron chi connectivity index (χ4n) is 2.09. The number of aryl methyl sites for hydroxylation is 1. The Morgan fingerprint density at radius 1 is 1.48 bits per heavy atom. The van der Waals surface area contributed by atoms with E-state index in [4.69, 9.17) is 0 Å². The molecular weight excluding hydrogens is 336 g/mol. The third kappa shape index (κ3) is 2.85. The van der Waals surface area contributed by atoms with E-state index in [0.717, 1.165) is 22.7 Å². The van der Waals surface area contributed by atoms with Gasteiger partial charge in [-0.05, 0) is 33.6 Å². The Balaban J connectivity index is 1.84. The lowest BCUT2D eigenvalue weighted by Gasteiger charge is -1.98. The lowest BCUT2D eigenvalue weighted by Crippen LogP contribution is -2.13. The molecule has 0 aromatic carbocycles. The van der Waals surface area contributed by atoms with Gasteiger partial charge in [-0.1, -0.05) is 6.92 Å². The molecule has 3 heterocycles. The Morgan fingerprint density at radius 2 is 2.33 bits per heavy atom. The minimum absolute atomic E-state index is 0.0657. The Morgan fingerprint density at radius 3 is 3.14 bits per heavy atom. The molecule has 0 amide bonds. The zero-order valence-corrected chi connectivity index (χ0v) is 13.0. The van der Waals surface area contributed by atoms with Crippen molar-refractivity contribution >= 4 is 32.7 Å². The van der Waals surface area contributed by atoms with Crippen molar-refractivity contribution in [2.75, 3.05) is 0 Å². The van der Waals surface area contributed by atoms with Gasteiger partial charge in [0.25, 0.3) is 0 Å². The first-order valence-electron chi connectivity index (χ1n) is 6.60. The number of aromatic amines is 1. The van der Waals surface area contributed by atoms with Crippen LogP contribution in [0.3, 0.4) is 0 Å². The summed E-state index contributed by atoms with van der Waals surface area (Å²) in [6, 6.07) is 1.86. The first-order valence-corrected chi connectivity index (χ1v) is 7.39. The molecule has 0 fully saturated rings. The second kappa shape index (κ2) is 5.72. The van der Waals surface area contributed by atoms with Gasteiger partial charge in [0.05, 0.1) is 0 Å². The number of fused-ring (bicyclic) bond motifs is 1. The van der Waals surface area contributed by atoms with Gasteiger partial charge in [-0.3, -0.25) is 4.79 Å². The predicted molar refractivity (Wildman–Crippen MR) is 79.9 cm³/mol. The molecule has 0 saturated carbocycles. The number of Topliss-reactive ketones (excluding diaryl/α,β-unsaturated/α-hetero) is 1. The molecule has 21 heavy (non-hydrogen) atoms. The number of halogens is 1. The second-order valence-electron chi connectivity index (χ2n) is 4.66. The number of H-pyrrole nitrogens is 1. The van der Waals surface area contributed by atoms with Crippen molar-refractivity contribution in [3.8, 4) is 0 Å². The van der Waals surface area contributed by atoms with Crippen LogP contribution in [0.5, 0.6) is 0 Å². The number of carbonyl (C=O) groups is 1. The molecule has 3 aromatic heterocycles. The third-order valence-corrected chi connectivity index (χ3v) is 3.48. The summed E-state index contributed by atoms with van der Waals surface area (Å²) in [4.78, 5) is 20.9. The van der Waals surface area contributed by atoms with Gasteiger partial charge in [-0.2, -0.15) is 4.80 Å². The van der Waals surface area contributed by atoms with Crippen LogP contribution in [0.1, 0.15) is 29.5 Å². The van der Waals surface area contributed by atoms with E-state index in [-0.39, 0.29) is 12.3 Å². The molecule has 0 aliphatic heterocycles. The van der Waals surface area contributed by atoms with Gasteiger partial charge in [-0.15, -0.1) is 10.2 Å². The Bertz CT molecular complexity index is 793. The molecule has 0 saturated heterocycles. The fraction of sp³-hybridized carbons (Fsp3) is 0.308. The van der Waals surface area contributed by atoms with E-state index in [9.17, 15) is 4.79 Å². The molecule has 0 aliphatic rings. The van der Waals surface area contributed by atoms with Crippen molar-refractivity contribution in [1.29, 1.82) is 0 Å². The molecule has 7 nitrogen and oxygen atoms in total. The number of nitrogens with zero attached hydrogens (tertiary/aromatic N) is 5. The van der Waals surface area contributed by atoms with Gasteiger partial charge in [0.2, 0.25) is 0 Å². The quantitative estimate of drug-likeness (QED) is 0.713. The normalized spacial score (nSPS) is 11.1. The van der Waals surface area contributed by atoms with Crippen LogP contribution < -0.4 is 0 Å². The number of hydrogen-bond acceptors (Lipinski definition) is 5. The van der Waals surface area contributed by atoms with Gasteiger partial charge in [0.1, 0.15) is 12.2 Å². The highest BCUT2D eigenvalue weighted by Gasteiger charge is 2.15. The van der Waals surface area contributed by atoms with E-state index in [1.165, 1.54) is 4.80 Å². The number of rotatable bonds is 5. The average Bonchev–Trinajstić information content (AvgIpc) is 3.05. The van der Waals surface area contributed by atoms with Crippen molar-refractivity contribution in [3.63, 3.8) is 0 Å². The SMILES string of the molecule is CCCc1nnn(CC(=O)c2c[nH]c3ncc(Br)cc23)n1. The number of nitrogens with one attached hydrogen (secondary N) is 1. The van der Waals surface area contributed by atoms with Crippen LogP contribution in [0.25, 0.3) is 11.0 Å². The third-order valence-electron chi connectivity index (χ3n) is 3.05. The van der Waals surface area contributed by atoms with Crippen molar-refractivity contribution in [3.05, 3.63) is 34.3 Å². The number of ketones is 1. The molecular formula is C13H13BrN6O. The van der Waals surface area contributed by atoms with Crippen molar-refractivity contribution in [1.82, 2.24) is 30.2 Å². The van der Waals surface area contributed by atoms with Crippen molar-refractivity contribution in [2.45, 2.75) is 26.3 Å². The van der Waals surface area contributed by atoms with Crippen LogP contribution in [0.15, 0.2) is 22.9 Å². The molecule has 0 spiro atoms. The van der Waals surface area contributed by atoms with Crippen LogP contribution >= 0.6 is 15.9 Å². The van der Waals surface area contributed by atoms with E-state index in [2.05, 4.69) is 41.3 Å². The first kappa shape index (κ1) is 13.9. The zero-order valence-electron chi connectivity index (χ0n) is 11.4. The van der Waals surface area contributed by atoms with E-state index in [1.54, 1.807) is 12.4 Å². The molecule has 0 bridgehead atoms. The van der Waals surface area contributed by atoms with E-state index in [1.807, 2.05) is 13.0 Å². The van der Waals surface area contributed by atoms with Gasteiger partial charge >= 0.3 is 0 Å². The number of carbonyl (C=O) groups excluding carboxylic acids is 1. The van der Waals surface area contributed by atoms with Crippen LogP contribution in [0.2, 0.25) is 0 Å². The number of aromatic nitrogens is 6. The maximum absolute atomic E-state index is 12.4. The zero-order chi connectivity index (χ0) is 14.8. The fourth-order valence-corrected chi connectivity index (χ4v) is 2.42. The molecule has 3 rings (SSSR count). The smallest absolute Gasteiger partial charge is 0.188 e. The summed E-state index contributed by atoms with van der Waals surface area (Å²) in [5.41, 5.74) is 1.26. The van der Waals surface area contributed by atoms with Crippen molar-refractivity contribution in [2.24, 2.45) is 0 Å². The summed E-state index contributed by atoms with van der Waals surface area (Å²) in [5, 5.41) is 12.8. The first-order chi connectivity index (χ1) is 10.2. The molecule has 108 valence electrons. The minimum atomic E-state index is -0.0819. The minimum Gasteiger partial charge on any atom is -0.345 e. The van der Waals surface area contributed by atoms with Crippen LogP contribution in [0.4, 0.5) is 0 Å². The summed E-state index contributed by atoms with van der Waals surface area (Å²) < 4.78 is 0.827. The van der Waals surface area contributed by atoms with Gasteiger partial charge in [-0.25, -0.2) is 4.98 Å². The molecule has 0 radical (unpaired) electrons. The summed E-state index contributed by atoms with van der Waals surface area (Å²) in [6.45, 7) is 2.11. The lowest BCUT2D eigenvalue weighted by atomic mass is 10.1. The predicted octanol–water partition coefficient (Wildman–Crippen LogP) is 2.15. The largest absolute Gasteiger partial charge is 0.345 e. The molecule has 0 unspecified atom stereocenters. The number of tetrazole rings is 1. The monoisotopic (exact) mass is 348 g/mol. The molecule has 0 atom stereocenters. The Hall–Kier alpha value is -2.09. The standard InChI is InChI=1S/C13H13BrN6O/c1-2-3-12-17-19-20(18-12)7-11(21)10-6-16-13-9(10)4-8(14)5-15-13/h4-6H,2-3,7H2,1H3,(H,15,16). The number of hydrogen-bond donors (Lipinski definition) is 1. The second-order valence-corrected chi connectivity index (χ2v) is 5.58.